The number of benzene rings is 2. The molecule has 4 nitrogen and oxygen atoms in total. The number of carbonyl (C=O) groups is 1. The summed E-state index contributed by atoms with van der Waals surface area (Å²) in [5.41, 5.74) is 5.29. The van der Waals surface area contributed by atoms with Crippen molar-refractivity contribution < 1.29 is 4.79 Å². The maximum atomic E-state index is 12.8. The highest BCUT2D eigenvalue weighted by Crippen LogP contribution is 2.32. The molecule has 4 heteroatoms. The van der Waals surface area contributed by atoms with Gasteiger partial charge in [-0.25, -0.2) is 9.50 Å². The van der Waals surface area contributed by atoms with Crippen LogP contribution in [0.5, 0.6) is 0 Å². The smallest absolute Gasteiger partial charge is 0.163 e. The first kappa shape index (κ1) is 18.1. The summed E-state index contributed by atoms with van der Waals surface area (Å²) in [5.74, 6) is 0.108. The molecule has 28 heavy (non-hydrogen) atoms. The number of fused-ring (bicyclic) bond motifs is 1. The first-order chi connectivity index (χ1) is 13.5. The molecule has 0 spiro atoms. The van der Waals surface area contributed by atoms with Gasteiger partial charge in [-0.3, -0.25) is 4.79 Å². The molecule has 0 N–H and O–H groups in total. The summed E-state index contributed by atoms with van der Waals surface area (Å²) < 4.78 is 1.82. The summed E-state index contributed by atoms with van der Waals surface area (Å²) in [4.78, 5) is 17.3. The minimum Gasteiger partial charge on any atom is -0.299 e. The van der Waals surface area contributed by atoms with Crippen LogP contribution in [0.4, 0.5) is 0 Å². The SMILES string of the molecule is CC(=O)C(C)(Cc1ccccc1)c1ccnc2c(-c3ccc(C)cc3)cnn12. The summed E-state index contributed by atoms with van der Waals surface area (Å²) >= 11 is 0. The molecule has 2 heterocycles. The van der Waals surface area contributed by atoms with Gasteiger partial charge in [0, 0.05) is 11.8 Å². The second kappa shape index (κ2) is 7.04. The van der Waals surface area contributed by atoms with Crippen molar-refractivity contribution in [1.29, 1.82) is 0 Å². The van der Waals surface area contributed by atoms with Crippen LogP contribution < -0.4 is 0 Å². The van der Waals surface area contributed by atoms with Gasteiger partial charge in [0.15, 0.2) is 5.65 Å². The van der Waals surface area contributed by atoms with Gasteiger partial charge in [0.2, 0.25) is 0 Å². The second-order valence-electron chi connectivity index (χ2n) is 7.54. The third kappa shape index (κ3) is 3.11. The predicted octanol–water partition coefficient (Wildman–Crippen LogP) is 4.79. The number of aryl methyl sites for hydroxylation is 1. The monoisotopic (exact) mass is 369 g/mol. The summed E-state index contributed by atoms with van der Waals surface area (Å²) in [5, 5.41) is 4.61. The molecule has 0 amide bonds. The van der Waals surface area contributed by atoms with Gasteiger partial charge in [-0.2, -0.15) is 5.10 Å². The molecule has 4 aromatic rings. The third-order valence-electron chi connectivity index (χ3n) is 5.51. The largest absolute Gasteiger partial charge is 0.299 e. The van der Waals surface area contributed by atoms with Crippen LogP contribution in [0, 0.1) is 6.92 Å². The zero-order valence-corrected chi connectivity index (χ0v) is 16.4. The molecule has 4 rings (SSSR count). The average Bonchev–Trinajstić information content (AvgIpc) is 3.13. The number of hydrogen-bond acceptors (Lipinski definition) is 3. The Bertz CT molecular complexity index is 1130. The van der Waals surface area contributed by atoms with Crippen LogP contribution in [0.3, 0.4) is 0 Å². The van der Waals surface area contributed by atoms with Crippen LogP contribution in [-0.4, -0.2) is 20.4 Å². The molecule has 1 unspecified atom stereocenters. The van der Waals surface area contributed by atoms with Crippen molar-refractivity contribution in [3.05, 3.63) is 89.9 Å². The minimum atomic E-state index is -0.695. The van der Waals surface area contributed by atoms with Gasteiger partial charge in [0.05, 0.1) is 17.3 Å². The van der Waals surface area contributed by atoms with Gasteiger partial charge in [-0.05, 0) is 44.4 Å². The molecule has 1 atom stereocenters. The Morgan fingerprint density at radius 1 is 1.04 bits per heavy atom. The van der Waals surface area contributed by atoms with Gasteiger partial charge in [-0.15, -0.1) is 0 Å². The lowest BCUT2D eigenvalue weighted by molar-refractivity contribution is -0.122. The van der Waals surface area contributed by atoms with Crippen molar-refractivity contribution in [3.63, 3.8) is 0 Å². The number of Topliss-reactive ketones (excluding diaryl/α,β-unsaturated/α-hetero) is 1. The van der Waals surface area contributed by atoms with Crippen LogP contribution in [0.25, 0.3) is 16.8 Å². The van der Waals surface area contributed by atoms with Gasteiger partial charge >= 0.3 is 0 Å². The molecule has 0 aliphatic heterocycles. The molecule has 0 aliphatic carbocycles. The summed E-state index contributed by atoms with van der Waals surface area (Å²) in [7, 11) is 0. The highest BCUT2D eigenvalue weighted by atomic mass is 16.1. The Kier molecular flexibility index (Phi) is 4.55. The Morgan fingerprint density at radius 2 is 1.75 bits per heavy atom. The Morgan fingerprint density at radius 3 is 2.43 bits per heavy atom. The van der Waals surface area contributed by atoms with Crippen LogP contribution in [0.1, 0.15) is 30.7 Å². The van der Waals surface area contributed by atoms with E-state index in [1.54, 1.807) is 13.1 Å². The number of carbonyl (C=O) groups excluding carboxylic acids is 1. The van der Waals surface area contributed by atoms with Gasteiger partial charge in [-0.1, -0.05) is 60.2 Å². The first-order valence-corrected chi connectivity index (χ1v) is 9.44. The lowest BCUT2D eigenvalue weighted by Crippen LogP contribution is -2.35. The summed E-state index contributed by atoms with van der Waals surface area (Å²) in [6.07, 6.45) is 4.22. The molecule has 140 valence electrons. The highest BCUT2D eigenvalue weighted by Gasteiger charge is 2.35. The number of nitrogens with zero attached hydrogens (tertiary/aromatic N) is 3. The molecule has 0 saturated heterocycles. The Hall–Kier alpha value is -3.27. The number of rotatable bonds is 5. The van der Waals surface area contributed by atoms with Gasteiger partial charge in [0.1, 0.15) is 5.78 Å². The molecule has 2 aromatic heterocycles. The first-order valence-electron chi connectivity index (χ1n) is 9.44. The molecule has 0 aliphatic rings. The number of aromatic nitrogens is 3. The van der Waals surface area contributed by atoms with E-state index in [0.717, 1.165) is 28.0 Å². The topological polar surface area (TPSA) is 47.3 Å². The zero-order valence-electron chi connectivity index (χ0n) is 16.4. The van der Waals surface area contributed by atoms with Crippen molar-refractivity contribution >= 4 is 11.4 Å². The van der Waals surface area contributed by atoms with Crippen molar-refractivity contribution in [2.75, 3.05) is 0 Å². The minimum absolute atomic E-state index is 0.108. The van der Waals surface area contributed by atoms with E-state index in [0.29, 0.717) is 6.42 Å². The van der Waals surface area contributed by atoms with E-state index in [4.69, 9.17) is 0 Å². The van der Waals surface area contributed by atoms with Crippen LogP contribution >= 0.6 is 0 Å². The third-order valence-corrected chi connectivity index (χ3v) is 5.51. The maximum absolute atomic E-state index is 12.8. The molecule has 0 radical (unpaired) electrons. The van der Waals surface area contributed by atoms with E-state index in [9.17, 15) is 4.79 Å². The van der Waals surface area contributed by atoms with Crippen molar-refractivity contribution in [2.24, 2.45) is 0 Å². The van der Waals surface area contributed by atoms with E-state index >= 15 is 0 Å². The van der Waals surface area contributed by atoms with Crippen molar-refractivity contribution in [3.8, 4) is 11.1 Å². The Labute approximate surface area is 164 Å². The fourth-order valence-electron chi connectivity index (χ4n) is 3.65. The lowest BCUT2D eigenvalue weighted by Gasteiger charge is -2.27. The molecular weight excluding hydrogens is 346 g/mol. The number of ketones is 1. The fraction of sp³-hybridized carbons (Fsp3) is 0.208. The van der Waals surface area contributed by atoms with Crippen molar-refractivity contribution in [1.82, 2.24) is 14.6 Å². The lowest BCUT2D eigenvalue weighted by atomic mass is 9.77. The van der Waals surface area contributed by atoms with Crippen molar-refractivity contribution in [2.45, 2.75) is 32.6 Å². The fourth-order valence-corrected chi connectivity index (χ4v) is 3.65. The standard InChI is InChI=1S/C24H23N3O/c1-17-9-11-20(12-10-17)21-16-26-27-22(13-14-25-23(21)27)24(3,18(2)28)15-19-7-5-4-6-8-19/h4-14,16H,15H2,1-3H3. The van der Waals surface area contributed by atoms with Crippen LogP contribution in [-0.2, 0) is 16.6 Å². The second-order valence-corrected chi connectivity index (χ2v) is 7.54. The maximum Gasteiger partial charge on any atom is 0.163 e. The van der Waals surface area contributed by atoms with E-state index in [1.807, 2.05) is 41.9 Å². The summed E-state index contributed by atoms with van der Waals surface area (Å²) in [6.45, 7) is 5.71. The van der Waals surface area contributed by atoms with Gasteiger partial charge in [0.25, 0.3) is 0 Å². The normalized spacial score (nSPS) is 13.4. The average molecular weight is 369 g/mol. The quantitative estimate of drug-likeness (QED) is 0.508. The van der Waals surface area contributed by atoms with E-state index < -0.39 is 5.41 Å². The number of hydrogen-bond donors (Lipinski definition) is 0. The van der Waals surface area contributed by atoms with Gasteiger partial charge < -0.3 is 0 Å². The summed E-state index contributed by atoms with van der Waals surface area (Å²) in [6, 6.07) is 20.3. The van der Waals surface area contributed by atoms with E-state index in [-0.39, 0.29) is 5.78 Å². The molecule has 0 bridgehead atoms. The molecular formula is C24H23N3O. The zero-order chi connectivity index (χ0) is 19.7. The van der Waals surface area contributed by atoms with E-state index in [2.05, 4.69) is 53.4 Å². The van der Waals surface area contributed by atoms with E-state index in [1.165, 1.54) is 5.56 Å². The molecule has 0 saturated carbocycles. The molecule has 0 fully saturated rings. The van der Waals surface area contributed by atoms with Crippen LogP contribution in [0.15, 0.2) is 73.1 Å². The van der Waals surface area contributed by atoms with Crippen LogP contribution in [0.2, 0.25) is 0 Å². The predicted molar refractivity (Wildman–Crippen MR) is 111 cm³/mol. The highest BCUT2D eigenvalue weighted by molar-refractivity contribution is 5.88. The Balaban J connectivity index is 1.85. The molecule has 2 aromatic carbocycles.